The zero-order valence-corrected chi connectivity index (χ0v) is 16.4. The second kappa shape index (κ2) is 7.47. The molecule has 0 N–H and O–H groups in total. The molecule has 4 rings (SSSR count). The molecule has 7 nitrogen and oxygen atoms in total. The van der Waals surface area contributed by atoms with Gasteiger partial charge in [-0.05, 0) is 19.3 Å². The van der Waals surface area contributed by atoms with Crippen molar-refractivity contribution in [3.63, 3.8) is 0 Å². The van der Waals surface area contributed by atoms with Gasteiger partial charge in [-0.25, -0.2) is 13.4 Å². The van der Waals surface area contributed by atoms with Crippen molar-refractivity contribution in [2.75, 3.05) is 11.5 Å². The van der Waals surface area contributed by atoms with Crippen LogP contribution in [0.4, 0.5) is 0 Å². The number of rotatable bonds is 6. The topological polar surface area (TPSA) is 99.1 Å². The molecule has 0 saturated carbocycles. The van der Waals surface area contributed by atoms with Crippen LogP contribution in [0.3, 0.4) is 0 Å². The highest BCUT2D eigenvalue weighted by Gasteiger charge is 2.29. The lowest BCUT2D eigenvalue weighted by Gasteiger charge is -2.04. The first kappa shape index (κ1) is 18.2. The van der Waals surface area contributed by atoms with Gasteiger partial charge >= 0.3 is 0 Å². The Morgan fingerprint density at radius 2 is 2.04 bits per heavy atom. The Morgan fingerprint density at radius 3 is 2.78 bits per heavy atom. The van der Waals surface area contributed by atoms with E-state index in [9.17, 15) is 8.42 Å². The summed E-state index contributed by atoms with van der Waals surface area (Å²) in [7, 11) is -2.90. The van der Waals surface area contributed by atoms with Crippen LogP contribution in [0.5, 0.6) is 0 Å². The Morgan fingerprint density at radius 1 is 1.22 bits per heavy atom. The summed E-state index contributed by atoms with van der Waals surface area (Å²) < 4.78 is 34.6. The van der Waals surface area contributed by atoms with Crippen molar-refractivity contribution in [3.05, 3.63) is 48.3 Å². The summed E-state index contributed by atoms with van der Waals surface area (Å²) in [6.45, 7) is 1.96. The SMILES string of the molecule is C[C@H](Sc1nnc(C[C@H]2CCS(=O)(=O)C2)o1)c1ncc(-c2ccccc2)o1. The lowest BCUT2D eigenvalue weighted by atomic mass is 10.1. The summed E-state index contributed by atoms with van der Waals surface area (Å²) in [5.41, 5.74) is 0.972. The lowest BCUT2D eigenvalue weighted by Crippen LogP contribution is -2.07. The van der Waals surface area contributed by atoms with Crippen molar-refractivity contribution < 1.29 is 17.3 Å². The molecular formula is C18H19N3O4S2. The van der Waals surface area contributed by atoms with E-state index < -0.39 is 9.84 Å². The van der Waals surface area contributed by atoms with E-state index in [1.54, 1.807) is 6.20 Å². The van der Waals surface area contributed by atoms with Gasteiger partial charge in [-0.2, -0.15) is 0 Å². The summed E-state index contributed by atoms with van der Waals surface area (Å²) in [6, 6.07) is 9.79. The molecule has 1 saturated heterocycles. The third-order valence-electron chi connectivity index (χ3n) is 4.45. The van der Waals surface area contributed by atoms with Gasteiger partial charge in [-0.1, -0.05) is 42.1 Å². The van der Waals surface area contributed by atoms with Gasteiger partial charge in [0.2, 0.25) is 11.8 Å². The fourth-order valence-corrected chi connectivity index (χ4v) is 5.67. The van der Waals surface area contributed by atoms with Crippen LogP contribution in [0.1, 0.15) is 30.4 Å². The zero-order chi connectivity index (χ0) is 18.9. The molecule has 3 heterocycles. The van der Waals surface area contributed by atoms with Gasteiger partial charge in [0.1, 0.15) is 0 Å². The van der Waals surface area contributed by atoms with Crippen molar-refractivity contribution >= 4 is 21.6 Å². The van der Waals surface area contributed by atoms with Crippen LogP contribution in [0.25, 0.3) is 11.3 Å². The van der Waals surface area contributed by atoms with Crippen LogP contribution in [0.15, 0.2) is 50.6 Å². The molecular weight excluding hydrogens is 386 g/mol. The fourth-order valence-electron chi connectivity index (χ4n) is 3.06. The number of hydrogen-bond acceptors (Lipinski definition) is 8. The molecule has 2 aromatic heterocycles. The van der Waals surface area contributed by atoms with Gasteiger partial charge in [0.05, 0.1) is 23.0 Å². The molecule has 0 spiro atoms. The average Bonchev–Trinajstić information content (AvgIpc) is 3.36. The lowest BCUT2D eigenvalue weighted by molar-refractivity contribution is 0.388. The van der Waals surface area contributed by atoms with E-state index in [0.717, 1.165) is 5.56 Å². The summed E-state index contributed by atoms with van der Waals surface area (Å²) in [6.07, 6.45) is 2.86. The molecule has 0 amide bonds. The van der Waals surface area contributed by atoms with E-state index in [1.165, 1.54) is 11.8 Å². The highest BCUT2D eigenvalue weighted by Crippen LogP contribution is 2.35. The maximum Gasteiger partial charge on any atom is 0.277 e. The van der Waals surface area contributed by atoms with Crippen LogP contribution in [0, 0.1) is 5.92 Å². The molecule has 27 heavy (non-hydrogen) atoms. The fraction of sp³-hybridized carbons (Fsp3) is 0.389. The van der Waals surface area contributed by atoms with Crippen LogP contribution in [0.2, 0.25) is 0 Å². The van der Waals surface area contributed by atoms with Crippen molar-refractivity contribution in [1.29, 1.82) is 0 Å². The summed E-state index contributed by atoms with van der Waals surface area (Å²) in [4.78, 5) is 4.35. The minimum atomic E-state index is -2.90. The Kier molecular flexibility index (Phi) is 5.05. The maximum atomic E-state index is 11.6. The first-order valence-corrected chi connectivity index (χ1v) is 11.4. The Hall–Kier alpha value is -2.13. The van der Waals surface area contributed by atoms with Gasteiger partial charge in [0, 0.05) is 12.0 Å². The van der Waals surface area contributed by atoms with E-state index in [0.29, 0.717) is 35.6 Å². The first-order valence-electron chi connectivity index (χ1n) is 8.69. The van der Waals surface area contributed by atoms with Crippen molar-refractivity contribution in [2.24, 2.45) is 5.92 Å². The predicted octanol–water partition coefficient (Wildman–Crippen LogP) is 3.56. The van der Waals surface area contributed by atoms with Gasteiger partial charge < -0.3 is 8.83 Å². The average molecular weight is 406 g/mol. The third kappa shape index (κ3) is 4.41. The van der Waals surface area contributed by atoms with Crippen LogP contribution >= 0.6 is 11.8 Å². The number of oxazole rings is 1. The molecule has 1 aliphatic heterocycles. The number of aromatic nitrogens is 3. The quantitative estimate of drug-likeness (QED) is 0.574. The highest BCUT2D eigenvalue weighted by molar-refractivity contribution is 7.99. The molecule has 0 unspecified atom stereocenters. The van der Waals surface area contributed by atoms with E-state index in [1.807, 2.05) is 37.3 Å². The number of hydrogen-bond donors (Lipinski definition) is 0. The van der Waals surface area contributed by atoms with Crippen molar-refractivity contribution in [1.82, 2.24) is 15.2 Å². The standard InChI is InChI=1S/C18H19N3O4S2/c1-12(17-19-10-15(24-17)14-5-3-2-4-6-14)26-18-21-20-16(25-18)9-13-7-8-27(22,23)11-13/h2-6,10,12-13H,7-9,11H2,1H3/t12-,13+/m0/s1. The van der Waals surface area contributed by atoms with Gasteiger partial charge in [-0.15, -0.1) is 10.2 Å². The summed E-state index contributed by atoms with van der Waals surface area (Å²) in [5, 5.41) is 8.43. The second-order valence-corrected chi connectivity index (χ2v) is 10.1. The predicted molar refractivity (Wildman–Crippen MR) is 101 cm³/mol. The van der Waals surface area contributed by atoms with Crippen LogP contribution in [-0.4, -0.2) is 35.1 Å². The normalized spacial score (nSPS) is 20.0. The van der Waals surface area contributed by atoms with E-state index in [2.05, 4.69) is 15.2 Å². The molecule has 9 heteroatoms. The molecule has 1 aromatic carbocycles. The highest BCUT2D eigenvalue weighted by atomic mass is 32.2. The monoisotopic (exact) mass is 405 g/mol. The van der Waals surface area contributed by atoms with Gasteiger partial charge in [-0.3, -0.25) is 0 Å². The second-order valence-electron chi connectivity index (χ2n) is 6.62. The van der Waals surface area contributed by atoms with Crippen LogP contribution < -0.4 is 0 Å². The largest absolute Gasteiger partial charge is 0.440 e. The smallest absolute Gasteiger partial charge is 0.277 e. The van der Waals surface area contributed by atoms with E-state index in [-0.39, 0.29) is 22.7 Å². The molecule has 2 atom stereocenters. The number of thioether (sulfide) groups is 1. The Labute approximate surface area is 161 Å². The van der Waals surface area contributed by atoms with E-state index in [4.69, 9.17) is 8.83 Å². The maximum absolute atomic E-state index is 11.6. The number of sulfone groups is 1. The zero-order valence-electron chi connectivity index (χ0n) is 14.7. The Bertz CT molecular complexity index is 1010. The summed E-state index contributed by atoms with van der Waals surface area (Å²) in [5.74, 6) is 2.29. The molecule has 3 aromatic rings. The van der Waals surface area contributed by atoms with Crippen molar-refractivity contribution in [2.45, 2.75) is 30.2 Å². The number of nitrogens with zero attached hydrogens (tertiary/aromatic N) is 3. The minimum absolute atomic E-state index is 0.0610. The minimum Gasteiger partial charge on any atom is -0.440 e. The molecule has 0 bridgehead atoms. The number of benzene rings is 1. The third-order valence-corrected chi connectivity index (χ3v) is 7.20. The Balaban J connectivity index is 1.38. The first-order chi connectivity index (χ1) is 13.0. The molecule has 1 fully saturated rings. The molecule has 0 aliphatic carbocycles. The summed E-state index contributed by atoms with van der Waals surface area (Å²) >= 11 is 1.37. The molecule has 0 radical (unpaired) electrons. The van der Waals surface area contributed by atoms with E-state index >= 15 is 0 Å². The molecule has 142 valence electrons. The van der Waals surface area contributed by atoms with Crippen LogP contribution in [-0.2, 0) is 16.3 Å². The van der Waals surface area contributed by atoms with Gasteiger partial charge in [0.25, 0.3) is 5.22 Å². The molecule has 1 aliphatic rings. The van der Waals surface area contributed by atoms with Gasteiger partial charge in [0.15, 0.2) is 15.6 Å². The van der Waals surface area contributed by atoms with Crippen molar-refractivity contribution in [3.8, 4) is 11.3 Å².